The molecule has 0 bridgehead atoms. The van der Waals surface area contributed by atoms with Crippen LogP contribution in [0.5, 0.6) is 5.75 Å². The van der Waals surface area contributed by atoms with Crippen LogP contribution in [0.3, 0.4) is 0 Å². The zero-order valence-corrected chi connectivity index (χ0v) is 17.2. The number of rotatable bonds is 8. The van der Waals surface area contributed by atoms with Gasteiger partial charge in [0.25, 0.3) is 0 Å². The highest BCUT2D eigenvalue weighted by atomic mass is 79.9. The quantitative estimate of drug-likeness (QED) is 0.379. The summed E-state index contributed by atoms with van der Waals surface area (Å²) in [5.74, 6) is 0.277. The molecule has 0 fully saturated rings. The molecule has 1 rings (SSSR count). The molecule has 0 saturated carbocycles. The highest BCUT2D eigenvalue weighted by Crippen LogP contribution is 2.26. The number of ether oxygens (including phenoxy) is 3. The van der Waals surface area contributed by atoms with Crippen molar-refractivity contribution in [2.24, 2.45) is 0 Å². The lowest BCUT2D eigenvalue weighted by Crippen LogP contribution is -2.33. The van der Waals surface area contributed by atoms with E-state index < -0.39 is 11.7 Å². The number of alkyl carbamates (subject to hydrolysis) is 1. The van der Waals surface area contributed by atoms with E-state index in [2.05, 4.69) is 21.2 Å². The van der Waals surface area contributed by atoms with E-state index in [-0.39, 0.29) is 5.97 Å². The molecule has 0 heterocycles. The van der Waals surface area contributed by atoms with Gasteiger partial charge >= 0.3 is 12.1 Å². The third-order valence-corrected chi connectivity index (χ3v) is 3.56. The Kier molecular flexibility index (Phi) is 9.19. The van der Waals surface area contributed by atoms with Gasteiger partial charge in [-0.25, -0.2) is 9.59 Å². The zero-order valence-electron chi connectivity index (χ0n) is 15.6. The normalized spacial score (nSPS) is 11.3. The van der Waals surface area contributed by atoms with Crippen LogP contribution in [0.15, 0.2) is 28.7 Å². The molecule has 1 aromatic carbocycles. The third-order valence-electron chi connectivity index (χ3n) is 2.90. The first-order valence-electron chi connectivity index (χ1n) is 8.45. The first kappa shape index (κ1) is 22.0. The number of nitrogens with one attached hydrogen (secondary N) is 1. The highest BCUT2D eigenvalue weighted by molar-refractivity contribution is 9.10. The van der Waals surface area contributed by atoms with Gasteiger partial charge in [0.1, 0.15) is 11.4 Å². The van der Waals surface area contributed by atoms with Crippen molar-refractivity contribution in [3.05, 3.63) is 34.3 Å². The maximum absolute atomic E-state index is 11.5. The maximum atomic E-state index is 11.5. The fourth-order valence-corrected chi connectivity index (χ4v) is 2.21. The average Bonchev–Trinajstić information content (AvgIpc) is 2.53. The summed E-state index contributed by atoms with van der Waals surface area (Å²) >= 11 is 3.43. The minimum atomic E-state index is -0.511. The van der Waals surface area contributed by atoms with Crippen LogP contribution in [0.25, 0.3) is 6.08 Å². The fourth-order valence-electron chi connectivity index (χ4n) is 1.85. The molecule has 1 amide bonds. The van der Waals surface area contributed by atoms with E-state index in [1.54, 1.807) is 13.0 Å². The Hall–Kier alpha value is -2.02. The molecule has 0 atom stereocenters. The fraction of sp³-hybridized carbons (Fsp3) is 0.474. The summed E-state index contributed by atoms with van der Waals surface area (Å²) in [6.07, 6.45) is 3.24. The first-order valence-corrected chi connectivity index (χ1v) is 9.24. The largest absolute Gasteiger partial charge is 0.492 e. The molecule has 144 valence electrons. The van der Waals surface area contributed by atoms with Crippen LogP contribution >= 0.6 is 15.9 Å². The highest BCUT2D eigenvalue weighted by Gasteiger charge is 2.15. The van der Waals surface area contributed by atoms with Gasteiger partial charge in [-0.05, 0) is 73.8 Å². The summed E-state index contributed by atoms with van der Waals surface area (Å²) in [4.78, 5) is 22.9. The Bertz CT molecular complexity index is 637. The first-order chi connectivity index (χ1) is 12.2. The van der Waals surface area contributed by atoms with Crippen molar-refractivity contribution in [3.63, 3.8) is 0 Å². The summed E-state index contributed by atoms with van der Waals surface area (Å²) in [6.45, 7) is 8.43. The Balaban J connectivity index is 2.44. The molecule has 1 aromatic rings. The Morgan fingerprint density at radius 1 is 1.27 bits per heavy atom. The van der Waals surface area contributed by atoms with Crippen LogP contribution in [0.1, 0.15) is 39.7 Å². The minimum absolute atomic E-state index is 0.342. The van der Waals surface area contributed by atoms with Crippen molar-refractivity contribution in [1.29, 1.82) is 0 Å². The third kappa shape index (κ3) is 9.46. The van der Waals surface area contributed by atoms with Gasteiger partial charge in [0.05, 0.1) is 17.7 Å². The SMILES string of the molecule is CCOC(=O)C=Cc1ccc(Br)c(OCCCNC(=O)OC(C)(C)C)c1. The van der Waals surface area contributed by atoms with Gasteiger partial charge in [-0.2, -0.15) is 0 Å². The molecule has 1 N–H and O–H groups in total. The number of halogens is 1. The van der Waals surface area contributed by atoms with Gasteiger partial charge in [0, 0.05) is 12.6 Å². The number of carbonyl (C=O) groups is 2. The molecule has 0 aliphatic rings. The van der Waals surface area contributed by atoms with E-state index in [1.807, 2.05) is 39.0 Å². The molecule has 0 aliphatic carbocycles. The molecule has 0 unspecified atom stereocenters. The van der Waals surface area contributed by atoms with Gasteiger partial charge in [-0.15, -0.1) is 0 Å². The van der Waals surface area contributed by atoms with Crippen LogP contribution < -0.4 is 10.1 Å². The van der Waals surface area contributed by atoms with Crippen molar-refractivity contribution in [3.8, 4) is 5.75 Å². The molecule has 7 heteroatoms. The van der Waals surface area contributed by atoms with Crippen LogP contribution in [-0.4, -0.2) is 37.4 Å². The molecule has 0 spiro atoms. The predicted molar refractivity (Wildman–Crippen MR) is 104 cm³/mol. The van der Waals surface area contributed by atoms with Crippen LogP contribution in [0.4, 0.5) is 4.79 Å². The minimum Gasteiger partial charge on any atom is -0.492 e. The van der Waals surface area contributed by atoms with E-state index in [0.717, 1.165) is 10.0 Å². The Morgan fingerprint density at radius 3 is 2.65 bits per heavy atom. The molecule has 0 aliphatic heterocycles. The number of hydrogen-bond acceptors (Lipinski definition) is 5. The van der Waals surface area contributed by atoms with Gasteiger partial charge in [0.15, 0.2) is 0 Å². The summed E-state index contributed by atoms with van der Waals surface area (Å²) < 4.78 is 16.5. The predicted octanol–water partition coefficient (Wildman–Crippen LogP) is 4.32. The van der Waals surface area contributed by atoms with Crippen molar-refractivity contribution in [2.75, 3.05) is 19.8 Å². The zero-order chi connectivity index (χ0) is 19.6. The number of esters is 1. The van der Waals surface area contributed by atoms with E-state index in [9.17, 15) is 9.59 Å². The van der Waals surface area contributed by atoms with Crippen molar-refractivity contribution >= 4 is 34.1 Å². The Labute approximate surface area is 163 Å². The van der Waals surface area contributed by atoms with E-state index in [0.29, 0.717) is 31.9 Å². The van der Waals surface area contributed by atoms with Gasteiger partial charge < -0.3 is 19.5 Å². The molecule has 0 radical (unpaired) electrons. The lowest BCUT2D eigenvalue weighted by atomic mass is 10.2. The molecule has 6 nitrogen and oxygen atoms in total. The number of benzene rings is 1. The maximum Gasteiger partial charge on any atom is 0.407 e. The standard InChI is InChI=1S/C19H26BrNO5/c1-5-24-17(22)10-8-14-7-9-15(20)16(13-14)25-12-6-11-21-18(23)26-19(2,3)4/h7-10,13H,5-6,11-12H2,1-4H3,(H,21,23). The monoisotopic (exact) mass is 427 g/mol. The van der Waals surface area contributed by atoms with Crippen LogP contribution in [0, 0.1) is 0 Å². The van der Waals surface area contributed by atoms with Crippen molar-refractivity contribution in [1.82, 2.24) is 5.32 Å². The van der Waals surface area contributed by atoms with E-state index in [4.69, 9.17) is 14.2 Å². The van der Waals surface area contributed by atoms with Gasteiger partial charge in [-0.1, -0.05) is 6.07 Å². The lowest BCUT2D eigenvalue weighted by molar-refractivity contribution is -0.137. The molecule has 26 heavy (non-hydrogen) atoms. The average molecular weight is 428 g/mol. The summed E-state index contributed by atoms with van der Waals surface area (Å²) in [6, 6.07) is 5.52. The van der Waals surface area contributed by atoms with E-state index >= 15 is 0 Å². The van der Waals surface area contributed by atoms with Crippen LogP contribution in [-0.2, 0) is 14.3 Å². The lowest BCUT2D eigenvalue weighted by Gasteiger charge is -2.19. The second kappa shape index (κ2) is 10.9. The van der Waals surface area contributed by atoms with Crippen molar-refractivity contribution < 1.29 is 23.8 Å². The molecular formula is C19H26BrNO5. The van der Waals surface area contributed by atoms with Crippen molar-refractivity contribution in [2.45, 2.75) is 39.7 Å². The molecule has 0 aromatic heterocycles. The summed E-state index contributed by atoms with van der Waals surface area (Å²) in [5.41, 5.74) is 0.311. The van der Waals surface area contributed by atoms with Gasteiger partial charge in [0.2, 0.25) is 0 Å². The van der Waals surface area contributed by atoms with Crippen LogP contribution in [0.2, 0.25) is 0 Å². The number of amides is 1. The second-order valence-corrected chi connectivity index (χ2v) is 7.26. The second-order valence-electron chi connectivity index (χ2n) is 6.41. The molecule has 0 saturated heterocycles. The van der Waals surface area contributed by atoms with Gasteiger partial charge in [-0.3, -0.25) is 0 Å². The summed E-state index contributed by atoms with van der Waals surface area (Å²) in [5, 5.41) is 2.68. The smallest absolute Gasteiger partial charge is 0.407 e. The van der Waals surface area contributed by atoms with E-state index in [1.165, 1.54) is 6.08 Å². The number of hydrogen-bond donors (Lipinski definition) is 1. The molecular weight excluding hydrogens is 402 g/mol. The topological polar surface area (TPSA) is 73.9 Å². The Morgan fingerprint density at radius 2 is 2.00 bits per heavy atom. The number of carbonyl (C=O) groups excluding carboxylic acids is 2. The summed E-state index contributed by atoms with van der Waals surface area (Å²) in [7, 11) is 0.